The molecule has 5 nitrogen and oxygen atoms in total. The highest BCUT2D eigenvalue weighted by molar-refractivity contribution is 5.87. The number of benzene rings is 2. The number of piperidine rings is 3. The highest BCUT2D eigenvalue weighted by atomic mass is 16.6. The molecule has 5 heteroatoms. The quantitative estimate of drug-likeness (QED) is 0.345. The largest absolute Gasteiger partial charge is 0.493 e. The summed E-state index contributed by atoms with van der Waals surface area (Å²) in [6.07, 6.45) is 6.21. The zero-order valence-corrected chi connectivity index (χ0v) is 19.3. The number of carbonyl (C=O) groups excluding carboxylic acids is 1. The number of hydrogen-bond donors (Lipinski definition) is 0. The summed E-state index contributed by atoms with van der Waals surface area (Å²) in [5.74, 6) is 1.61. The van der Waals surface area contributed by atoms with Crippen LogP contribution in [-0.4, -0.2) is 49.6 Å². The Kier molecular flexibility index (Phi) is 7.69. The number of quaternary nitrogens is 1. The van der Waals surface area contributed by atoms with Crippen molar-refractivity contribution in [3.63, 3.8) is 0 Å². The predicted molar refractivity (Wildman–Crippen MR) is 128 cm³/mol. The minimum Gasteiger partial charge on any atom is -0.493 e. The first kappa shape index (κ1) is 22.7. The molecule has 0 radical (unpaired) electrons. The van der Waals surface area contributed by atoms with Gasteiger partial charge in [-0.25, -0.2) is 4.79 Å². The van der Waals surface area contributed by atoms with Crippen LogP contribution >= 0.6 is 0 Å². The molecule has 0 spiro atoms. The number of fused-ring (bicyclic) bond motifs is 3. The van der Waals surface area contributed by atoms with E-state index in [2.05, 4.69) is 6.92 Å². The third-order valence-corrected chi connectivity index (χ3v) is 7.13. The van der Waals surface area contributed by atoms with Crippen LogP contribution in [0.1, 0.15) is 45.4 Å². The Morgan fingerprint density at radius 1 is 1.00 bits per heavy atom. The molecule has 0 aliphatic carbocycles. The van der Waals surface area contributed by atoms with Crippen LogP contribution < -0.4 is 9.64 Å². The van der Waals surface area contributed by atoms with Gasteiger partial charge in [-0.2, -0.15) is 0 Å². The minimum atomic E-state index is -0.194. The summed E-state index contributed by atoms with van der Waals surface area (Å²) in [6.45, 7) is 6.75. The van der Waals surface area contributed by atoms with E-state index in [1.165, 1.54) is 12.8 Å². The lowest BCUT2D eigenvalue weighted by molar-refractivity contribution is -0.984. The van der Waals surface area contributed by atoms with E-state index in [0.29, 0.717) is 19.1 Å². The second kappa shape index (κ2) is 10.9. The second-order valence-electron chi connectivity index (χ2n) is 9.26. The Morgan fingerprint density at radius 3 is 2.38 bits per heavy atom. The summed E-state index contributed by atoms with van der Waals surface area (Å²) in [7, 11) is 0. The number of anilines is 1. The van der Waals surface area contributed by atoms with Gasteiger partial charge in [0.25, 0.3) is 0 Å². The molecular formula is C27H37N2O3+. The van der Waals surface area contributed by atoms with Gasteiger partial charge in [0.1, 0.15) is 5.75 Å². The van der Waals surface area contributed by atoms with Crippen LogP contribution in [0, 0.1) is 5.92 Å². The van der Waals surface area contributed by atoms with E-state index in [0.717, 1.165) is 61.2 Å². The van der Waals surface area contributed by atoms with Crippen LogP contribution in [-0.2, 0) is 4.74 Å². The molecule has 1 unspecified atom stereocenters. The van der Waals surface area contributed by atoms with Crippen LogP contribution in [0.15, 0.2) is 60.7 Å². The average Bonchev–Trinajstić information content (AvgIpc) is 2.84. The monoisotopic (exact) mass is 437 g/mol. The van der Waals surface area contributed by atoms with Gasteiger partial charge >= 0.3 is 6.09 Å². The van der Waals surface area contributed by atoms with Crippen molar-refractivity contribution in [2.75, 3.05) is 37.7 Å². The Hall–Kier alpha value is -2.53. The van der Waals surface area contributed by atoms with Crippen molar-refractivity contribution in [1.29, 1.82) is 0 Å². The van der Waals surface area contributed by atoms with Crippen LogP contribution in [0.2, 0.25) is 0 Å². The fourth-order valence-electron chi connectivity index (χ4n) is 5.21. The first-order valence-corrected chi connectivity index (χ1v) is 12.3. The van der Waals surface area contributed by atoms with Crippen molar-refractivity contribution in [3.8, 4) is 5.75 Å². The molecule has 2 aromatic carbocycles. The molecule has 0 saturated carbocycles. The summed E-state index contributed by atoms with van der Waals surface area (Å²) in [5, 5.41) is 0. The molecule has 1 atom stereocenters. The topological polar surface area (TPSA) is 38.8 Å². The normalized spacial score (nSPS) is 24.2. The van der Waals surface area contributed by atoms with Crippen molar-refractivity contribution < 1.29 is 18.8 Å². The van der Waals surface area contributed by atoms with E-state index < -0.39 is 0 Å². The fourth-order valence-corrected chi connectivity index (χ4v) is 5.21. The van der Waals surface area contributed by atoms with Gasteiger partial charge in [-0.3, -0.25) is 9.38 Å². The molecular weight excluding hydrogens is 400 g/mol. The molecule has 32 heavy (non-hydrogen) atoms. The van der Waals surface area contributed by atoms with Crippen LogP contribution in [0.5, 0.6) is 5.75 Å². The molecule has 2 bridgehead atoms. The third kappa shape index (κ3) is 5.44. The van der Waals surface area contributed by atoms with Gasteiger partial charge in [0.2, 0.25) is 6.23 Å². The SMILES string of the molecule is CCCCN(C(=O)OC1CC2CC[N+]1(CCCOc1ccccc1)CC2)c1ccccc1. The number of nitrogens with zero attached hydrogens (tertiary/aromatic N) is 2. The van der Waals surface area contributed by atoms with Crippen molar-refractivity contribution in [2.45, 2.75) is 51.7 Å². The van der Waals surface area contributed by atoms with Gasteiger partial charge in [0.05, 0.1) is 26.2 Å². The molecule has 3 fully saturated rings. The number of unbranched alkanes of at least 4 members (excludes halogenated alkanes) is 1. The first-order chi connectivity index (χ1) is 15.7. The van der Waals surface area contributed by atoms with E-state index in [-0.39, 0.29) is 12.3 Å². The van der Waals surface area contributed by atoms with Gasteiger partial charge < -0.3 is 9.47 Å². The van der Waals surface area contributed by atoms with E-state index in [4.69, 9.17) is 9.47 Å². The van der Waals surface area contributed by atoms with Gasteiger partial charge in [-0.1, -0.05) is 49.7 Å². The van der Waals surface area contributed by atoms with E-state index >= 15 is 0 Å². The van der Waals surface area contributed by atoms with Crippen LogP contribution in [0.4, 0.5) is 10.5 Å². The number of para-hydroxylation sites is 2. The molecule has 5 rings (SSSR count). The summed E-state index contributed by atoms with van der Waals surface area (Å²) in [4.78, 5) is 15.1. The fraction of sp³-hybridized carbons (Fsp3) is 0.519. The standard InChI is InChI=1S/C27H37N2O3/c1-2-3-17-28(24-11-6-4-7-12-24)27(30)32-26-22-23-15-19-29(26,20-16-23)18-10-21-31-25-13-8-5-9-14-25/h4-9,11-14,23,26H,2-3,10,15-22H2,1H3/q+1. The summed E-state index contributed by atoms with van der Waals surface area (Å²) in [5.41, 5.74) is 0.921. The average molecular weight is 438 g/mol. The van der Waals surface area contributed by atoms with Gasteiger partial charge in [-0.15, -0.1) is 0 Å². The maximum atomic E-state index is 13.3. The molecule has 172 valence electrons. The lowest BCUT2D eigenvalue weighted by Gasteiger charge is -2.53. The maximum Gasteiger partial charge on any atom is 0.418 e. The molecule has 1 amide bonds. The summed E-state index contributed by atoms with van der Waals surface area (Å²) in [6, 6.07) is 19.9. The van der Waals surface area contributed by atoms with Crippen molar-refractivity contribution in [1.82, 2.24) is 0 Å². The molecule has 0 N–H and O–H groups in total. The smallest absolute Gasteiger partial charge is 0.418 e. The predicted octanol–water partition coefficient (Wildman–Crippen LogP) is 5.86. The van der Waals surface area contributed by atoms with Gasteiger partial charge in [0.15, 0.2) is 0 Å². The second-order valence-corrected chi connectivity index (χ2v) is 9.26. The van der Waals surface area contributed by atoms with Gasteiger partial charge in [-0.05, 0) is 36.6 Å². The summed E-state index contributed by atoms with van der Waals surface area (Å²) < 4.78 is 13.1. The Balaban J connectivity index is 1.39. The highest BCUT2D eigenvalue weighted by Gasteiger charge is 2.49. The number of hydrogen-bond acceptors (Lipinski definition) is 3. The minimum absolute atomic E-state index is 0.0421. The lowest BCUT2D eigenvalue weighted by atomic mass is 9.84. The Labute approximate surface area is 192 Å². The molecule has 0 aromatic heterocycles. The first-order valence-electron chi connectivity index (χ1n) is 12.3. The molecule has 3 aliphatic rings. The number of amides is 1. The number of rotatable bonds is 10. The van der Waals surface area contributed by atoms with E-state index in [9.17, 15) is 4.79 Å². The Bertz CT molecular complexity index is 834. The van der Waals surface area contributed by atoms with Crippen molar-refractivity contribution >= 4 is 11.8 Å². The molecule has 3 aliphatic heterocycles. The van der Waals surface area contributed by atoms with Crippen LogP contribution in [0.3, 0.4) is 0 Å². The Morgan fingerprint density at radius 2 is 1.69 bits per heavy atom. The summed E-state index contributed by atoms with van der Waals surface area (Å²) >= 11 is 0. The van der Waals surface area contributed by atoms with Crippen molar-refractivity contribution in [2.24, 2.45) is 5.92 Å². The highest BCUT2D eigenvalue weighted by Crippen LogP contribution is 2.39. The molecule has 3 saturated heterocycles. The number of ether oxygens (including phenoxy) is 2. The lowest BCUT2D eigenvalue weighted by Crippen LogP contribution is -2.66. The molecule has 2 aromatic rings. The zero-order chi connectivity index (χ0) is 22.2. The van der Waals surface area contributed by atoms with E-state index in [1.807, 2.05) is 65.6 Å². The van der Waals surface area contributed by atoms with Crippen molar-refractivity contribution in [3.05, 3.63) is 60.7 Å². The maximum absolute atomic E-state index is 13.3. The van der Waals surface area contributed by atoms with Crippen LogP contribution in [0.25, 0.3) is 0 Å². The number of carbonyl (C=O) groups is 1. The third-order valence-electron chi connectivity index (χ3n) is 7.13. The van der Waals surface area contributed by atoms with Gasteiger partial charge in [0, 0.05) is 37.9 Å². The molecule has 3 heterocycles. The van der Waals surface area contributed by atoms with E-state index in [1.54, 1.807) is 0 Å². The zero-order valence-electron chi connectivity index (χ0n) is 19.3.